The van der Waals surface area contributed by atoms with Gasteiger partial charge in [0.05, 0.1) is 0 Å². The van der Waals surface area contributed by atoms with E-state index in [1.165, 1.54) is 12.1 Å². The van der Waals surface area contributed by atoms with Crippen molar-refractivity contribution >= 4 is 11.6 Å². The van der Waals surface area contributed by atoms with Gasteiger partial charge >= 0.3 is 6.11 Å². The molecular weight excluding hydrogens is 340 g/mol. The average Bonchev–Trinajstić information content (AvgIpc) is 2.54. The molecule has 0 saturated carbocycles. The molecule has 1 amide bonds. The van der Waals surface area contributed by atoms with Gasteiger partial charge in [0.1, 0.15) is 23.9 Å². The van der Waals surface area contributed by atoms with E-state index in [1.807, 2.05) is 0 Å². The van der Waals surface area contributed by atoms with Gasteiger partial charge in [0.25, 0.3) is 0 Å². The zero-order valence-corrected chi connectivity index (χ0v) is 13.1. The van der Waals surface area contributed by atoms with Crippen molar-refractivity contribution in [2.75, 3.05) is 18.0 Å². The Morgan fingerprint density at radius 2 is 1.52 bits per heavy atom. The van der Waals surface area contributed by atoms with E-state index in [0.29, 0.717) is 0 Å². The minimum atomic E-state index is -3.64. The van der Waals surface area contributed by atoms with Crippen LogP contribution >= 0.6 is 0 Å². The summed E-state index contributed by atoms with van der Waals surface area (Å²) < 4.78 is 58.9. The molecule has 0 aliphatic heterocycles. The van der Waals surface area contributed by atoms with Crippen molar-refractivity contribution in [3.63, 3.8) is 0 Å². The number of amides is 1. The molecule has 0 bridgehead atoms. The summed E-state index contributed by atoms with van der Waals surface area (Å²) in [6.45, 7) is -0.993. The van der Waals surface area contributed by atoms with Crippen LogP contribution in [0.25, 0.3) is 0 Å². The van der Waals surface area contributed by atoms with Crippen molar-refractivity contribution in [3.05, 3.63) is 60.2 Å². The van der Waals surface area contributed by atoms with Crippen LogP contribution in [0.5, 0.6) is 5.75 Å². The number of hydrogen-bond donors (Lipinski definition) is 1. The number of nitrogens with two attached hydrogens (primary N) is 1. The van der Waals surface area contributed by atoms with Gasteiger partial charge in [-0.1, -0.05) is 0 Å². The molecule has 0 spiro atoms. The van der Waals surface area contributed by atoms with Crippen LogP contribution < -0.4 is 15.4 Å². The molecule has 0 aromatic heterocycles. The number of carbonyl (C=O) groups is 1. The highest BCUT2D eigenvalue weighted by atomic mass is 19.3. The molecule has 25 heavy (non-hydrogen) atoms. The van der Waals surface area contributed by atoms with E-state index in [-0.39, 0.29) is 24.4 Å². The van der Waals surface area contributed by atoms with Crippen LogP contribution in [-0.2, 0) is 4.79 Å². The number of anilines is 1. The van der Waals surface area contributed by atoms with E-state index in [9.17, 15) is 22.4 Å². The maximum absolute atomic E-state index is 14.2. The largest absolute Gasteiger partial charge is 0.431 e. The zero-order valence-electron chi connectivity index (χ0n) is 13.1. The van der Waals surface area contributed by atoms with Crippen molar-refractivity contribution in [3.8, 4) is 5.75 Å². The lowest BCUT2D eigenvalue weighted by atomic mass is 10.2. The van der Waals surface area contributed by atoms with Gasteiger partial charge in [-0.05, 0) is 48.5 Å². The zero-order chi connectivity index (χ0) is 18.4. The number of ether oxygens (including phenoxy) is 1. The van der Waals surface area contributed by atoms with Crippen LogP contribution in [0.4, 0.5) is 23.2 Å². The summed E-state index contributed by atoms with van der Waals surface area (Å²) in [6.07, 6.45) is -3.80. The lowest BCUT2D eigenvalue weighted by molar-refractivity contribution is -0.167. The summed E-state index contributed by atoms with van der Waals surface area (Å²) in [5.41, 5.74) is 5.35. The number of halogens is 4. The van der Waals surface area contributed by atoms with E-state index in [4.69, 9.17) is 5.73 Å². The Balaban J connectivity index is 2.13. The van der Waals surface area contributed by atoms with Gasteiger partial charge in [0.2, 0.25) is 5.91 Å². The number of alkyl halides is 2. The van der Waals surface area contributed by atoms with Crippen molar-refractivity contribution in [2.45, 2.75) is 12.5 Å². The number of carbonyl (C=O) groups excluding carboxylic acids is 1. The van der Waals surface area contributed by atoms with E-state index >= 15 is 0 Å². The number of nitrogens with zero attached hydrogens (tertiary/aromatic N) is 1. The van der Waals surface area contributed by atoms with E-state index in [0.717, 1.165) is 41.3 Å². The van der Waals surface area contributed by atoms with E-state index in [1.54, 1.807) is 0 Å². The van der Waals surface area contributed by atoms with Crippen LogP contribution in [-0.4, -0.2) is 25.1 Å². The Morgan fingerprint density at radius 3 is 2.04 bits per heavy atom. The Kier molecular flexibility index (Phi) is 5.84. The first kappa shape index (κ1) is 18.6. The van der Waals surface area contributed by atoms with Gasteiger partial charge < -0.3 is 15.4 Å². The number of rotatable bonds is 8. The lowest BCUT2D eigenvalue weighted by Gasteiger charge is -2.29. The highest BCUT2D eigenvalue weighted by Gasteiger charge is 2.35. The quantitative estimate of drug-likeness (QED) is 0.739. The third-order valence-corrected chi connectivity index (χ3v) is 3.28. The molecule has 0 unspecified atom stereocenters. The minimum absolute atomic E-state index is 0.0939. The molecule has 2 rings (SSSR count). The third-order valence-electron chi connectivity index (χ3n) is 3.28. The molecule has 0 fully saturated rings. The average molecular weight is 356 g/mol. The monoisotopic (exact) mass is 356 g/mol. The summed E-state index contributed by atoms with van der Waals surface area (Å²) in [7, 11) is 0. The van der Waals surface area contributed by atoms with Gasteiger partial charge in [-0.25, -0.2) is 8.78 Å². The number of primary amides is 1. The molecule has 0 heterocycles. The number of hydrogen-bond acceptors (Lipinski definition) is 3. The fraction of sp³-hybridized carbons (Fsp3) is 0.235. The molecule has 4 nitrogen and oxygen atoms in total. The fourth-order valence-corrected chi connectivity index (χ4v) is 2.13. The predicted octanol–water partition coefficient (Wildman–Crippen LogP) is 3.32. The lowest BCUT2D eigenvalue weighted by Crippen LogP contribution is -2.42. The fourth-order valence-electron chi connectivity index (χ4n) is 2.13. The van der Waals surface area contributed by atoms with Crippen LogP contribution in [0.3, 0.4) is 0 Å². The van der Waals surface area contributed by atoms with Gasteiger partial charge in [-0.3, -0.25) is 4.79 Å². The van der Waals surface area contributed by atoms with Crippen molar-refractivity contribution in [2.24, 2.45) is 5.73 Å². The maximum atomic E-state index is 14.2. The Bertz CT molecular complexity index is 706. The summed E-state index contributed by atoms with van der Waals surface area (Å²) in [6, 6.07) is 9.00. The minimum Gasteiger partial charge on any atom is -0.431 e. The molecule has 0 saturated heterocycles. The standard InChI is InChI=1S/C17H16F4N2O2/c18-12-1-5-14(6-2-12)23(10-9-16(22)24)11-17(20,21)25-15-7-3-13(19)4-8-15/h1-8H,9-11H2,(H2,22,24). The first-order valence-corrected chi connectivity index (χ1v) is 7.36. The molecule has 8 heteroatoms. The van der Waals surface area contributed by atoms with Crippen LogP contribution in [0, 0.1) is 11.6 Å². The smallest absolute Gasteiger partial charge is 0.415 e. The second kappa shape index (κ2) is 7.87. The van der Waals surface area contributed by atoms with Gasteiger partial charge in [-0.15, -0.1) is 0 Å². The molecule has 0 atom stereocenters. The second-order valence-electron chi connectivity index (χ2n) is 5.31. The highest BCUT2D eigenvalue weighted by Crippen LogP contribution is 2.25. The molecule has 0 aliphatic rings. The molecule has 2 N–H and O–H groups in total. The van der Waals surface area contributed by atoms with E-state index in [2.05, 4.69) is 4.74 Å². The van der Waals surface area contributed by atoms with Crippen molar-refractivity contribution in [1.29, 1.82) is 0 Å². The second-order valence-corrected chi connectivity index (χ2v) is 5.31. The Hall–Kier alpha value is -2.77. The summed E-state index contributed by atoms with van der Waals surface area (Å²) >= 11 is 0. The van der Waals surface area contributed by atoms with Gasteiger partial charge in [0, 0.05) is 18.7 Å². The third kappa shape index (κ3) is 5.98. The van der Waals surface area contributed by atoms with Crippen LogP contribution in [0.2, 0.25) is 0 Å². The van der Waals surface area contributed by atoms with Gasteiger partial charge in [0.15, 0.2) is 0 Å². The normalized spacial score (nSPS) is 11.2. The summed E-state index contributed by atoms with van der Waals surface area (Å²) in [4.78, 5) is 12.1. The first-order chi connectivity index (χ1) is 11.7. The number of benzene rings is 2. The first-order valence-electron chi connectivity index (χ1n) is 7.36. The SMILES string of the molecule is NC(=O)CCN(CC(F)(F)Oc1ccc(F)cc1)c1ccc(F)cc1. The van der Waals surface area contributed by atoms with Crippen molar-refractivity contribution < 1.29 is 27.1 Å². The van der Waals surface area contributed by atoms with Crippen molar-refractivity contribution in [1.82, 2.24) is 0 Å². The topological polar surface area (TPSA) is 55.6 Å². The molecule has 134 valence electrons. The van der Waals surface area contributed by atoms with Crippen LogP contribution in [0.15, 0.2) is 48.5 Å². The Morgan fingerprint density at radius 1 is 1.00 bits per heavy atom. The molecule has 0 aliphatic carbocycles. The summed E-state index contributed by atoms with van der Waals surface area (Å²) in [5.74, 6) is -1.96. The molecule has 2 aromatic carbocycles. The molecular formula is C17H16F4N2O2. The van der Waals surface area contributed by atoms with E-state index < -0.39 is 30.2 Å². The Labute approximate surface area is 141 Å². The molecule has 0 radical (unpaired) electrons. The van der Waals surface area contributed by atoms with Gasteiger partial charge in [-0.2, -0.15) is 8.78 Å². The maximum Gasteiger partial charge on any atom is 0.415 e. The molecule has 2 aromatic rings. The van der Waals surface area contributed by atoms with Crippen LogP contribution in [0.1, 0.15) is 6.42 Å². The predicted molar refractivity (Wildman–Crippen MR) is 84.4 cm³/mol. The summed E-state index contributed by atoms with van der Waals surface area (Å²) in [5, 5.41) is 0. The highest BCUT2D eigenvalue weighted by molar-refractivity contribution is 5.74.